The van der Waals surface area contributed by atoms with Crippen molar-refractivity contribution in [2.24, 2.45) is 0 Å². The second-order valence-electron chi connectivity index (χ2n) is 7.42. The van der Waals surface area contributed by atoms with E-state index in [2.05, 4.69) is 81.6 Å². The summed E-state index contributed by atoms with van der Waals surface area (Å²) in [5.41, 5.74) is 5.16. The molecule has 0 fully saturated rings. The first-order chi connectivity index (χ1) is 11.9. The molecule has 0 atom stereocenters. The molecule has 0 aliphatic rings. The number of aromatic nitrogens is 1. The zero-order valence-corrected chi connectivity index (χ0v) is 16.6. The van der Waals surface area contributed by atoms with Gasteiger partial charge in [0.15, 0.2) is 0 Å². The van der Waals surface area contributed by atoms with Crippen molar-refractivity contribution in [2.75, 3.05) is 0 Å². The molecule has 0 amide bonds. The highest BCUT2D eigenvalue weighted by molar-refractivity contribution is 7.22. The minimum atomic E-state index is 0.181. The van der Waals surface area contributed by atoms with Crippen LogP contribution in [0.4, 0.5) is 0 Å². The third-order valence-electron chi connectivity index (χ3n) is 4.58. The van der Waals surface area contributed by atoms with Crippen LogP contribution in [0.2, 0.25) is 0 Å². The van der Waals surface area contributed by atoms with E-state index in [1.165, 1.54) is 31.7 Å². The van der Waals surface area contributed by atoms with Crippen molar-refractivity contribution in [1.82, 2.24) is 4.98 Å². The number of fused-ring (bicyclic) bond motifs is 1. The molecule has 2 heterocycles. The number of benzene rings is 2. The van der Waals surface area contributed by atoms with Gasteiger partial charge in [0.1, 0.15) is 5.01 Å². The topological polar surface area (TPSA) is 12.9 Å². The van der Waals surface area contributed by atoms with Gasteiger partial charge in [-0.25, -0.2) is 4.98 Å². The molecule has 0 bridgehead atoms. The zero-order valence-electron chi connectivity index (χ0n) is 15.0. The summed E-state index contributed by atoms with van der Waals surface area (Å²) >= 11 is 3.56. The number of aryl methyl sites for hydroxylation is 1. The predicted molar refractivity (Wildman–Crippen MR) is 112 cm³/mol. The normalized spacial score (nSPS) is 12.0. The van der Waals surface area contributed by atoms with Crippen LogP contribution in [0.1, 0.15) is 31.9 Å². The van der Waals surface area contributed by atoms with Gasteiger partial charge < -0.3 is 0 Å². The van der Waals surface area contributed by atoms with E-state index < -0.39 is 0 Å². The smallest absolute Gasteiger partial charge is 0.124 e. The highest BCUT2D eigenvalue weighted by atomic mass is 32.1. The van der Waals surface area contributed by atoms with Crippen LogP contribution in [0.5, 0.6) is 0 Å². The fourth-order valence-corrected chi connectivity index (χ4v) is 5.10. The second-order valence-corrected chi connectivity index (χ2v) is 9.33. The fourth-order valence-electron chi connectivity index (χ4n) is 3.04. The van der Waals surface area contributed by atoms with Gasteiger partial charge in [-0.3, -0.25) is 0 Å². The van der Waals surface area contributed by atoms with E-state index in [-0.39, 0.29) is 5.41 Å². The molecule has 126 valence electrons. The molecule has 0 aliphatic heterocycles. The van der Waals surface area contributed by atoms with Crippen molar-refractivity contribution in [2.45, 2.75) is 33.1 Å². The monoisotopic (exact) mass is 363 g/mol. The maximum atomic E-state index is 4.93. The largest absolute Gasteiger partial charge is 0.235 e. The lowest BCUT2D eigenvalue weighted by atomic mass is 9.87. The maximum Gasteiger partial charge on any atom is 0.124 e. The van der Waals surface area contributed by atoms with Crippen LogP contribution in [0.15, 0.2) is 53.9 Å². The van der Waals surface area contributed by atoms with E-state index in [4.69, 9.17) is 4.98 Å². The van der Waals surface area contributed by atoms with Crippen molar-refractivity contribution < 1.29 is 0 Å². The Morgan fingerprint density at radius 1 is 0.920 bits per heavy atom. The molecule has 4 aromatic rings. The number of thiazole rings is 1. The molecule has 0 N–H and O–H groups in total. The summed E-state index contributed by atoms with van der Waals surface area (Å²) in [7, 11) is 0. The lowest BCUT2D eigenvalue weighted by Gasteiger charge is -2.18. The standard InChI is InChI=1S/C22H21NS2/c1-14-17-7-5-6-8-19(17)25-20(14)18-13-24-21(23-18)15-9-11-16(12-10-15)22(2,3)4/h5-13H,1-4H3. The summed E-state index contributed by atoms with van der Waals surface area (Å²) in [6.07, 6.45) is 0. The molecule has 25 heavy (non-hydrogen) atoms. The van der Waals surface area contributed by atoms with E-state index in [1.54, 1.807) is 11.3 Å². The number of hydrogen-bond donors (Lipinski definition) is 0. The molecule has 0 spiro atoms. The number of rotatable bonds is 2. The number of thiophene rings is 1. The second kappa shape index (κ2) is 6.08. The van der Waals surface area contributed by atoms with Crippen molar-refractivity contribution >= 4 is 32.8 Å². The van der Waals surface area contributed by atoms with Gasteiger partial charge in [0.25, 0.3) is 0 Å². The number of nitrogens with zero attached hydrogens (tertiary/aromatic N) is 1. The van der Waals surface area contributed by atoms with Crippen molar-refractivity contribution in [3.8, 4) is 21.1 Å². The average Bonchev–Trinajstić information content (AvgIpc) is 3.20. The van der Waals surface area contributed by atoms with Gasteiger partial charge in [0, 0.05) is 15.6 Å². The first-order valence-corrected chi connectivity index (χ1v) is 10.2. The molecule has 3 heteroatoms. The molecule has 2 aromatic heterocycles. The first-order valence-electron chi connectivity index (χ1n) is 8.48. The molecule has 0 aliphatic carbocycles. The molecule has 0 saturated heterocycles. The summed E-state index contributed by atoms with van der Waals surface area (Å²) in [6.45, 7) is 8.93. The van der Waals surface area contributed by atoms with Gasteiger partial charge in [0.05, 0.1) is 10.6 Å². The summed E-state index contributed by atoms with van der Waals surface area (Å²) in [5.74, 6) is 0. The van der Waals surface area contributed by atoms with Crippen LogP contribution in [0, 0.1) is 6.92 Å². The van der Waals surface area contributed by atoms with E-state index in [9.17, 15) is 0 Å². The molecule has 1 nitrogen and oxygen atoms in total. The van der Waals surface area contributed by atoms with Gasteiger partial charge in [-0.15, -0.1) is 22.7 Å². The van der Waals surface area contributed by atoms with Crippen LogP contribution >= 0.6 is 22.7 Å². The Morgan fingerprint density at radius 2 is 1.64 bits per heavy atom. The quantitative estimate of drug-likeness (QED) is 0.364. The lowest BCUT2D eigenvalue weighted by molar-refractivity contribution is 0.590. The van der Waals surface area contributed by atoms with E-state index in [0.717, 1.165) is 10.7 Å². The van der Waals surface area contributed by atoms with E-state index in [0.29, 0.717) is 0 Å². The van der Waals surface area contributed by atoms with Gasteiger partial charge in [-0.1, -0.05) is 63.2 Å². The van der Waals surface area contributed by atoms with Crippen LogP contribution in [-0.2, 0) is 5.41 Å². The Kier molecular flexibility index (Phi) is 4.01. The van der Waals surface area contributed by atoms with Crippen LogP contribution < -0.4 is 0 Å². The molecular formula is C22H21NS2. The third-order valence-corrected chi connectivity index (χ3v) is 6.77. The molecular weight excluding hydrogens is 342 g/mol. The van der Waals surface area contributed by atoms with Gasteiger partial charge >= 0.3 is 0 Å². The number of hydrogen-bond acceptors (Lipinski definition) is 3. The Labute approximate surface area is 157 Å². The summed E-state index contributed by atoms with van der Waals surface area (Å²) in [5, 5.41) is 4.61. The highest BCUT2D eigenvalue weighted by Gasteiger charge is 2.16. The van der Waals surface area contributed by atoms with Crippen molar-refractivity contribution in [1.29, 1.82) is 0 Å². The Balaban J connectivity index is 1.71. The van der Waals surface area contributed by atoms with Crippen molar-refractivity contribution in [3.63, 3.8) is 0 Å². The lowest BCUT2D eigenvalue weighted by Crippen LogP contribution is -2.10. The Hall–Kier alpha value is -1.97. The molecule has 0 unspecified atom stereocenters. The minimum Gasteiger partial charge on any atom is -0.235 e. The van der Waals surface area contributed by atoms with Gasteiger partial charge in [0.2, 0.25) is 0 Å². The summed E-state index contributed by atoms with van der Waals surface area (Å²) in [4.78, 5) is 6.21. The highest BCUT2D eigenvalue weighted by Crippen LogP contribution is 2.39. The van der Waals surface area contributed by atoms with Crippen LogP contribution in [0.25, 0.3) is 31.2 Å². The minimum absolute atomic E-state index is 0.181. The fraction of sp³-hybridized carbons (Fsp3) is 0.227. The third kappa shape index (κ3) is 3.03. The molecule has 2 aromatic carbocycles. The van der Waals surface area contributed by atoms with E-state index >= 15 is 0 Å². The zero-order chi connectivity index (χ0) is 17.6. The molecule has 4 rings (SSSR count). The predicted octanol–water partition coefficient (Wildman–Crippen LogP) is 7.30. The van der Waals surface area contributed by atoms with Crippen LogP contribution in [-0.4, -0.2) is 4.98 Å². The average molecular weight is 364 g/mol. The molecule has 0 radical (unpaired) electrons. The maximum absolute atomic E-state index is 4.93. The van der Waals surface area contributed by atoms with E-state index in [1.807, 2.05) is 11.3 Å². The van der Waals surface area contributed by atoms with Crippen LogP contribution in [0.3, 0.4) is 0 Å². The van der Waals surface area contributed by atoms with Crippen molar-refractivity contribution in [3.05, 3.63) is 65.0 Å². The summed E-state index contributed by atoms with van der Waals surface area (Å²) < 4.78 is 1.33. The first kappa shape index (κ1) is 16.5. The Morgan fingerprint density at radius 3 is 2.32 bits per heavy atom. The molecule has 0 saturated carbocycles. The summed E-state index contributed by atoms with van der Waals surface area (Å²) in [6, 6.07) is 17.4. The van der Waals surface area contributed by atoms with Gasteiger partial charge in [-0.05, 0) is 34.9 Å². The Bertz CT molecular complexity index is 1030. The van der Waals surface area contributed by atoms with Gasteiger partial charge in [-0.2, -0.15) is 0 Å². The SMILES string of the molecule is Cc1c(-c2csc(-c3ccc(C(C)(C)C)cc3)n2)sc2ccccc12.